The van der Waals surface area contributed by atoms with Gasteiger partial charge in [-0.25, -0.2) is 13.1 Å². The summed E-state index contributed by atoms with van der Waals surface area (Å²) in [5.74, 6) is 0. The van der Waals surface area contributed by atoms with E-state index in [1.54, 1.807) is 30.5 Å². The van der Waals surface area contributed by atoms with E-state index in [-0.39, 0.29) is 11.4 Å². The molecule has 7 heteroatoms. The highest BCUT2D eigenvalue weighted by molar-refractivity contribution is 7.89. The summed E-state index contributed by atoms with van der Waals surface area (Å²) >= 11 is 0. The molecule has 0 fully saturated rings. The Morgan fingerprint density at radius 3 is 2.85 bits per heavy atom. The second kappa shape index (κ2) is 5.28. The first kappa shape index (κ1) is 13.2. The first-order chi connectivity index (χ1) is 9.65. The molecule has 6 nitrogen and oxygen atoms in total. The molecule has 20 heavy (non-hydrogen) atoms. The summed E-state index contributed by atoms with van der Waals surface area (Å²) in [6.07, 6.45) is 1.55. The Morgan fingerprint density at radius 2 is 2.05 bits per heavy atom. The average Bonchev–Trinajstić information content (AvgIpc) is 2.94. The van der Waals surface area contributed by atoms with Gasteiger partial charge in [-0.2, -0.15) is 10.2 Å². The Balaban J connectivity index is 1.78. The van der Waals surface area contributed by atoms with Gasteiger partial charge in [0, 0.05) is 19.3 Å². The van der Waals surface area contributed by atoms with Crippen LogP contribution in [0, 0.1) is 0 Å². The smallest absolute Gasteiger partial charge is 0.240 e. The number of sulfonamides is 1. The van der Waals surface area contributed by atoms with E-state index in [1.165, 1.54) is 0 Å². The molecule has 104 valence electrons. The van der Waals surface area contributed by atoms with Gasteiger partial charge in [-0.1, -0.05) is 6.07 Å². The number of aromatic nitrogens is 2. The van der Waals surface area contributed by atoms with E-state index in [4.69, 9.17) is 0 Å². The molecule has 0 unspecified atom stereocenters. The van der Waals surface area contributed by atoms with Crippen molar-refractivity contribution in [2.24, 2.45) is 0 Å². The van der Waals surface area contributed by atoms with Crippen LogP contribution in [0.1, 0.15) is 16.8 Å². The standard InChI is InChI=1S/C13H14N4O2S/c18-20(19,16-9-12-2-1-5-15-17-12)13-4-3-10-7-14-8-11(10)6-13/h1-6,14,16H,7-9H2. The van der Waals surface area contributed by atoms with Gasteiger partial charge in [0.05, 0.1) is 17.1 Å². The van der Waals surface area contributed by atoms with Crippen molar-refractivity contribution in [1.29, 1.82) is 0 Å². The molecule has 2 heterocycles. The Hall–Kier alpha value is -1.83. The van der Waals surface area contributed by atoms with Crippen LogP contribution in [-0.2, 0) is 29.7 Å². The summed E-state index contributed by atoms with van der Waals surface area (Å²) in [6.45, 7) is 1.64. The number of nitrogens with one attached hydrogen (secondary N) is 2. The van der Waals surface area contributed by atoms with E-state index >= 15 is 0 Å². The minimum absolute atomic E-state index is 0.130. The lowest BCUT2D eigenvalue weighted by Gasteiger charge is -2.07. The van der Waals surface area contributed by atoms with Crippen LogP contribution in [0.5, 0.6) is 0 Å². The van der Waals surface area contributed by atoms with Crippen LogP contribution in [0.3, 0.4) is 0 Å². The first-order valence-electron chi connectivity index (χ1n) is 6.24. The van der Waals surface area contributed by atoms with E-state index < -0.39 is 10.0 Å². The fourth-order valence-electron chi connectivity index (χ4n) is 2.12. The van der Waals surface area contributed by atoms with E-state index in [9.17, 15) is 8.42 Å². The molecule has 0 bridgehead atoms. The number of hydrogen-bond donors (Lipinski definition) is 2. The fraction of sp³-hybridized carbons (Fsp3) is 0.231. The third kappa shape index (κ3) is 2.69. The summed E-state index contributed by atoms with van der Waals surface area (Å²) in [4.78, 5) is 0.281. The quantitative estimate of drug-likeness (QED) is 0.859. The molecule has 3 rings (SSSR count). The minimum atomic E-state index is -3.53. The highest BCUT2D eigenvalue weighted by atomic mass is 32.2. The molecule has 2 N–H and O–H groups in total. The number of nitrogens with zero attached hydrogens (tertiary/aromatic N) is 2. The molecule has 0 atom stereocenters. The van der Waals surface area contributed by atoms with Gasteiger partial charge in [0.15, 0.2) is 0 Å². The average molecular weight is 290 g/mol. The molecule has 1 aromatic heterocycles. The van der Waals surface area contributed by atoms with Crippen LogP contribution in [-0.4, -0.2) is 18.6 Å². The van der Waals surface area contributed by atoms with Crippen molar-refractivity contribution in [2.45, 2.75) is 24.5 Å². The van der Waals surface area contributed by atoms with Gasteiger partial charge < -0.3 is 5.32 Å². The maximum atomic E-state index is 12.2. The molecule has 1 aliphatic heterocycles. The van der Waals surface area contributed by atoms with Crippen molar-refractivity contribution in [2.75, 3.05) is 0 Å². The Labute approximate surface area is 117 Å². The third-order valence-corrected chi connectivity index (χ3v) is 4.59. The molecule has 0 amide bonds. The molecule has 0 saturated heterocycles. The molecule has 1 aromatic carbocycles. The maximum Gasteiger partial charge on any atom is 0.240 e. The number of benzene rings is 1. The summed E-state index contributed by atoms with van der Waals surface area (Å²) in [5.41, 5.74) is 2.77. The van der Waals surface area contributed by atoms with E-state index in [2.05, 4.69) is 20.2 Å². The predicted octanol–water partition coefficient (Wildman–Crippen LogP) is 0.558. The lowest BCUT2D eigenvalue weighted by molar-refractivity contribution is 0.580. The van der Waals surface area contributed by atoms with Gasteiger partial charge in [-0.05, 0) is 35.4 Å². The highest BCUT2D eigenvalue weighted by Crippen LogP contribution is 2.19. The number of fused-ring (bicyclic) bond motifs is 1. The fourth-order valence-corrected chi connectivity index (χ4v) is 3.17. The maximum absolute atomic E-state index is 12.2. The summed E-state index contributed by atoms with van der Waals surface area (Å²) in [6, 6.07) is 8.64. The third-order valence-electron chi connectivity index (χ3n) is 3.19. The van der Waals surface area contributed by atoms with Gasteiger partial charge in [0.25, 0.3) is 0 Å². The summed E-state index contributed by atoms with van der Waals surface area (Å²) in [5, 5.41) is 10.7. The van der Waals surface area contributed by atoms with E-state index in [0.29, 0.717) is 12.2 Å². The molecule has 0 aliphatic carbocycles. The number of rotatable bonds is 4. The number of hydrogen-bond acceptors (Lipinski definition) is 5. The van der Waals surface area contributed by atoms with Crippen LogP contribution in [0.4, 0.5) is 0 Å². The topological polar surface area (TPSA) is 84.0 Å². The molecule has 0 saturated carbocycles. The monoisotopic (exact) mass is 290 g/mol. The van der Waals surface area contributed by atoms with Gasteiger partial charge in [-0.3, -0.25) is 0 Å². The predicted molar refractivity (Wildman–Crippen MR) is 73.0 cm³/mol. The van der Waals surface area contributed by atoms with Crippen LogP contribution in [0.15, 0.2) is 41.4 Å². The molecular formula is C13H14N4O2S. The first-order valence-corrected chi connectivity index (χ1v) is 7.72. The highest BCUT2D eigenvalue weighted by Gasteiger charge is 2.18. The van der Waals surface area contributed by atoms with E-state index in [0.717, 1.165) is 17.7 Å². The minimum Gasteiger partial charge on any atom is -0.309 e. The van der Waals surface area contributed by atoms with Crippen molar-refractivity contribution < 1.29 is 8.42 Å². The Bertz CT molecular complexity index is 716. The largest absolute Gasteiger partial charge is 0.309 e. The zero-order valence-electron chi connectivity index (χ0n) is 10.7. The zero-order valence-corrected chi connectivity index (χ0v) is 11.5. The van der Waals surface area contributed by atoms with Gasteiger partial charge in [0.1, 0.15) is 0 Å². The summed E-state index contributed by atoms with van der Waals surface area (Å²) in [7, 11) is -3.53. The van der Waals surface area contributed by atoms with Crippen LogP contribution >= 0.6 is 0 Å². The molecule has 2 aromatic rings. The van der Waals surface area contributed by atoms with Gasteiger partial charge in [0.2, 0.25) is 10.0 Å². The SMILES string of the molecule is O=S(=O)(NCc1cccnn1)c1ccc2c(c1)CNC2. The molecule has 1 aliphatic rings. The van der Waals surface area contributed by atoms with Gasteiger partial charge in [-0.15, -0.1) is 0 Å². The van der Waals surface area contributed by atoms with E-state index in [1.807, 2.05) is 6.07 Å². The molecular weight excluding hydrogens is 276 g/mol. The lowest BCUT2D eigenvalue weighted by Crippen LogP contribution is -2.24. The Morgan fingerprint density at radius 1 is 1.20 bits per heavy atom. The van der Waals surface area contributed by atoms with Crippen LogP contribution < -0.4 is 10.0 Å². The Kier molecular flexibility index (Phi) is 3.47. The molecule has 0 radical (unpaired) electrons. The summed E-state index contributed by atoms with van der Waals surface area (Å²) < 4.78 is 27.0. The van der Waals surface area contributed by atoms with Crippen LogP contribution in [0.25, 0.3) is 0 Å². The van der Waals surface area contributed by atoms with Crippen molar-refractivity contribution in [3.05, 3.63) is 53.3 Å². The second-order valence-electron chi connectivity index (χ2n) is 4.57. The van der Waals surface area contributed by atoms with Crippen molar-refractivity contribution in [3.63, 3.8) is 0 Å². The lowest BCUT2D eigenvalue weighted by atomic mass is 10.1. The molecule has 0 spiro atoms. The van der Waals surface area contributed by atoms with Crippen molar-refractivity contribution in [3.8, 4) is 0 Å². The zero-order chi connectivity index (χ0) is 14.0. The van der Waals surface area contributed by atoms with Crippen LogP contribution in [0.2, 0.25) is 0 Å². The van der Waals surface area contributed by atoms with Crippen molar-refractivity contribution in [1.82, 2.24) is 20.2 Å². The van der Waals surface area contributed by atoms with Gasteiger partial charge >= 0.3 is 0 Å². The van der Waals surface area contributed by atoms with Crippen molar-refractivity contribution >= 4 is 10.0 Å². The normalized spacial score (nSPS) is 14.2. The second-order valence-corrected chi connectivity index (χ2v) is 6.34.